The lowest BCUT2D eigenvalue weighted by atomic mass is 10.2. The summed E-state index contributed by atoms with van der Waals surface area (Å²) in [6.45, 7) is 6.36. The highest BCUT2D eigenvalue weighted by Crippen LogP contribution is 2.32. The summed E-state index contributed by atoms with van der Waals surface area (Å²) in [6.07, 6.45) is 1.49. The lowest BCUT2D eigenvalue weighted by molar-refractivity contribution is 0.201. The van der Waals surface area contributed by atoms with Crippen molar-refractivity contribution < 1.29 is 9.47 Å². The first-order chi connectivity index (χ1) is 14.0. The van der Waals surface area contributed by atoms with Crippen LogP contribution in [-0.4, -0.2) is 21.9 Å². The van der Waals surface area contributed by atoms with Crippen LogP contribution in [0.25, 0.3) is 0 Å². The summed E-state index contributed by atoms with van der Waals surface area (Å²) in [7, 11) is 1.62. The molecule has 0 bridgehead atoms. The fraction of sp³-hybridized carbons (Fsp3) is 0.238. The highest BCUT2D eigenvalue weighted by Gasteiger charge is 2.20. The molecule has 1 unspecified atom stereocenters. The molecule has 0 aliphatic carbocycles. The zero-order chi connectivity index (χ0) is 20.8. The summed E-state index contributed by atoms with van der Waals surface area (Å²) in [5.41, 5.74) is 1.05. The third-order valence-electron chi connectivity index (χ3n) is 4.15. The van der Waals surface area contributed by atoms with Crippen molar-refractivity contribution in [3.8, 4) is 11.5 Å². The Morgan fingerprint density at radius 1 is 1.14 bits per heavy atom. The fourth-order valence-electron chi connectivity index (χ4n) is 2.74. The first-order valence-electron chi connectivity index (χ1n) is 8.94. The molecule has 0 radical (unpaired) electrons. The zero-order valence-electron chi connectivity index (χ0n) is 16.1. The van der Waals surface area contributed by atoms with Crippen LogP contribution in [0.5, 0.6) is 11.5 Å². The van der Waals surface area contributed by atoms with Crippen LogP contribution in [0.15, 0.2) is 60.3 Å². The lowest BCUT2D eigenvalue weighted by Crippen LogP contribution is -2.12. The van der Waals surface area contributed by atoms with Crippen LogP contribution in [0.3, 0.4) is 0 Å². The van der Waals surface area contributed by atoms with Gasteiger partial charge < -0.3 is 9.47 Å². The summed E-state index contributed by atoms with van der Waals surface area (Å²) in [6, 6.07) is 13.1. The Kier molecular flexibility index (Phi) is 7.47. The average molecular weight is 450 g/mol. The van der Waals surface area contributed by atoms with E-state index in [2.05, 4.69) is 16.8 Å². The van der Waals surface area contributed by atoms with Gasteiger partial charge in [-0.3, -0.25) is 4.57 Å². The van der Waals surface area contributed by atoms with Crippen LogP contribution in [0.4, 0.5) is 0 Å². The molecule has 3 aromatic rings. The number of aromatic nitrogens is 3. The number of rotatable bonds is 9. The Balaban J connectivity index is 1.78. The third-order valence-corrected chi connectivity index (χ3v) is 5.92. The minimum Gasteiger partial charge on any atom is -0.493 e. The van der Waals surface area contributed by atoms with Crippen molar-refractivity contribution in [3.05, 3.63) is 76.6 Å². The van der Waals surface area contributed by atoms with Gasteiger partial charge in [0.2, 0.25) is 0 Å². The number of hydrogen-bond donors (Lipinski definition) is 0. The molecule has 0 aliphatic rings. The van der Waals surface area contributed by atoms with Crippen molar-refractivity contribution in [2.24, 2.45) is 0 Å². The molecule has 1 heterocycles. The van der Waals surface area contributed by atoms with E-state index in [1.54, 1.807) is 24.9 Å². The van der Waals surface area contributed by atoms with Gasteiger partial charge in [0.1, 0.15) is 0 Å². The predicted molar refractivity (Wildman–Crippen MR) is 118 cm³/mol. The minimum atomic E-state index is -0.321. The van der Waals surface area contributed by atoms with Gasteiger partial charge in [-0.05, 0) is 36.8 Å². The van der Waals surface area contributed by atoms with Gasteiger partial charge in [0.15, 0.2) is 28.6 Å². The summed E-state index contributed by atoms with van der Waals surface area (Å²) < 4.78 is 13.4. The Morgan fingerprint density at radius 2 is 1.90 bits per heavy atom. The number of hydrogen-bond acceptors (Lipinski definition) is 5. The lowest BCUT2D eigenvalue weighted by Gasteiger charge is -2.17. The maximum Gasteiger partial charge on any atom is 0.191 e. The fourth-order valence-corrected chi connectivity index (χ4v) is 3.96. The maximum absolute atomic E-state index is 6.11. The third kappa shape index (κ3) is 5.26. The standard InChI is InChI=1S/C21H21Cl2N3O2S/c1-4-11-26-20(14(2)28-19-8-6-5-7-18(19)27-3)24-25-21(26)29-13-15-9-10-16(22)17(23)12-15/h4-10,12,14H,1,11,13H2,2-3H3. The molecular formula is C21H21Cl2N3O2S. The summed E-state index contributed by atoms with van der Waals surface area (Å²) in [4.78, 5) is 0. The number of benzene rings is 2. The molecule has 0 aliphatic heterocycles. The molecule has 3 rings (SSSR count). The van der Waals surface area contributed by atoms with E-state index < -0.39 is 0 Å². The molecule has 0 saturated carbocycles. The number of methoxy groups -OCH3 is 1. The van der Waals surface area contributed by atoms with Crippen molar-refractivity contribution in [2.45, 2.75) is 30.5 Å². The largest absolute Gasteiger partial charge is 0.493 e. The van der Waals surface area contributed by atoms with E-state index >= 15 is 0 Å². The maximum atomic E-state index is 6.11. The molecule has 8 heteroatoms. The van der Waals surface area contributed by atoms with Crippen LogP contribution in [0.1, 0.15) is 24.4 Å². The van der Waals surface area contributed by atoms with Crippen LogP contribution < -0.4 is 9.47 Å². The molecule has 29 heavy (non-hydrogen) atoms. The van der Waals surface area contributed by atoms with Gasteiger partial charge in [-0.15, -0.1) is 16.8 Å². The topological polar surface area (TPSA) is 49.2 Å². The Bertz CT molecular complexity index is 994. The van der Waals surface area contributed by atoms with E-state index in [1.165, 1.54) is 0 Å². The molecular weight excluding hydrogens is 429 g/mol. The van der Waals surface area contributed by atoms with Gasteiger partial charge in [0.25, 0.3) is 0 Å². The van der Waals surface area contributed by atoms with E-state index in [4.69, 9.17) is 32.7 Å². The predicted octanol–water partition coefficient (Wildman–Crippen LogP) is 6.21. The van der Waals surface area contributed by atoms with Crippen molar-refractivity contribution in [2.75, 3.05) is 7.11 Å². The van der Waals surface area contributed by atoms with Crippen molar-refractivity contribution in [3.63, 3.8) is 0 Å². The first kappa shape index (κ1) is 21.6. The monoisotopic (exact) mass is 449 g/mol. The van der Waals surface area contributed by atoms with E-state index in [-0.39, 0.29) is 6.10 Å². The summed E-state index contributed by atoms with van der Waals surface area (Å²) in [5, 5.41) is 10.6. The van der Waals surface area contributed by atoms with E-state index in [0.717, 1.165) is 10.7 Å². The molecule has 0 amide bonds. The molecule has 1 atom stereocenters. The number of para-hydroxylation sites is 2. The van der Waals surface area contributed by atoms with Crippen LogP contribution in [-0.2, 0) is 12.3 Å². The number of halogens is 2. The number of ether oxygens (including phenoxy) is 2. The summed E-state index contributed by atoms with van der Waals surface area (Å²) in [5.74, 6) is 2.73. The van der Waals surface area contributed by atoms with Gasteiger partial charge >= 0.3 is 0 Å². The van der Waals surface area contributed by atoms with Crippen molar-refractivity contribution >= 4 is 35.0 Å². The zero-order valence-corrected chi connectivity index (χ0v) is 18.5. The van der Waals surface area contributed by atoms with Crippen LogP contribution >= 0.6 is 35.0 Å². The molecule has 0 spiro atoms. The van der Waals surface area contributed by atoms with Crippen molar-refractivity contribution in [1.29, 1.82) is 0 Å². The molecule has 0 N–H and O–H groups in total. The normalized spacial score (nSPS) is 11.9. The second kappa shape index (κ2) is 10.1. The van der Waals surface area contributed by atoms with Crippen molar-refractivity contribution in [1.82, 2.24) is 14.8 Å². The van der Waals surface area contributed by atoms with Gasteiger partial charge in [-0.1, -0.05) is 59.2 Å². The molecule has 2 aromatic carbocycles. The quantitative estimate of drug-likeness (QED) is 0.287. The molecule has 152 valence electrons. The molecule has 1 aromatic heterocycles. The Hall–Kier alpha value is -2.15. The van der Waals surface area contributed by atoms with E-state index in [9.17, 15) is 0 Å². The smallest absolute Gasteiger partial charge is 0.191 e. The number of allylic oxidation sites excluding steroid dienone is 1. The number of nitrogens with zero attached hydrogens (tertiary/aromatic N) is 3. The highest BCUT2D eigenvalue weighted by molar-refractivity contribution is 7.98. The summed E-state index contributed by atoms with van der Waals surface area (Å²) >= 11 is 13.7. The van der Waals surface area contributed by atoms with Gasteiger partial charge in [-0.25, -0.2) is 0 Å². The van der Waals surface area contributed by atoms with Gasteiger partial charge in [0.05, 0.1) is 17.2 Å². The first-order valence-corrected chi connectivity index (χ1v) is 10.7. The minimum absolute atomic E-state index is 0.321. The van der Waals surface area contributed by atoms with E-state index in [1.807, 2.05) is 54.0 Å². The Labute approximate surface area is 184 Å². The second-order valence-electron chi connectivity index (χ2n) is 6.19. The van der Waals surface area contributed by atoms with Crippen LogP contribution in [0, 0.1) is 0 Å². The molecule has 5 nitrogen and oxygen atoms in total. The van der Waals surface area contributed by atoms with Gasteiger partial charge in [0, 0.05) is 12.3 Å². The number of thioether (sulfide) groups is 1. The molecule has 0 saturated heterocycles. The van der Waals surface area contributed by atoms with E-state index in [0.29, 0.717) is 39.7 Å². The average Bonchev–Trinajstić information content (AvgIpc) is 3.12. The SMILES string of the molecule is C=CCn1c(SCc2ccc(Cl)c(Cl)c2)nnc1C(C)Oc1ccccc1OC. The van der Waals surface area contributed by atoms with Gasteiger partial charge in [-0.2, -0.15) is 0 Å². The highest BCUT2D eigenvalue weighted by atomic mass is 35.5. The molecule has 0 fully saturated rings. The Morgan fingerprint density at radius 3 is 2.59 bits per heavy atom. The van der Waals surface area contributed by atoms with Crippen LogP contribution in [0.2, 0.25) is 10.0 Å². The second-order valence-corrected chi connectivity index (χ2v) is 7.95.